The maximum atomic E-state index is 9.58. The van der Waals surface area contributed by atoms with Crippen LogP contribution in [0.4, 0.5) is 0 Å². The van der Waals surface area contributed by atoms with Crippen molar-refractivity contribution in [2.75, 3.05) is 33.8 Å². The molecule has 3 nitrogen and oxygen atoms in total. The van der Waals surface area contributed by atoms with E-state index in [0.717, 1.165) is 13.0 Å². The maximum absolute atomic E-state index is 9.58. The average Bonchev–Trinajstić information content (AvgIpc) is 2.70. The molecule has 0 aliphatic heterocycles. The summed E-state index contributed by atoms with van der Waals surface area (Å²) in [6.07, 6.45) is 6.07. The summed E-state index contributed by atoms with van der Waals surface area (Å²) in [6, 6.07) is 0. The van der Waals surface area contributed by atoms with Crippen LogP contribution in [0, 0.1) is 5.92 Å². The number of nitrogens with zero attached hydrogens (tertiary/aromatic N) is 1. The molecule has 0 amide bonds. The SMILES string of the molecule is CCCN(C)CCC1CCCC1(CO)NC. The molecule has 0 heterocycles. The van der Waals surface area contributed by atoms with Crippen LogP contribution in [0.1, 0.15) is 39.0 Å². The van der Waals surface area contributed by atoms with Crippen LogP contribution in [0.25, 0.3) is 0 Å². The van der Waals surface area contributed by atoms with E-state index in [-0.39, 0.29) is 12.1 Å². The van der Waals surface area contributed by atoms with Crippen LogP contribution in [0.5, 0.6) is 0 Å². The molecule has 0 saturated heterocycles. The number of hydrogen-bond donors (Lipinski definition) is 2. The van der Waals surface area contributed by atoms with Gasteiger partial charge >= 0.3 is 0 Å². The van der Waals surface area contributed by atoms with Gasteiger partial charge in [-0.1, -0.05) is 13.3 Å². The first kappa shape index (κ1) is 13.9. The smallest absolute Gasteiger partial charge is 0.0615 e. The normalized spacial score (nSPS) is 30.2. The summed E-state index contributed by atoms with van der Waals surface area (Å²) in [5.74, 6) is 0.641. The Balaban J connectivity index is 2.40. The summed E-state index contributed by atoms with van der Waals surface area (Å²) in [6.45, 7) is 4.84. The lowest BCUT2D eigenvalue weighted by atomic mass is 9.85. The van der Waals surface area contributed by atoms with Gasteiger partial charge in [0.1, 0.15) is 0 Å². The van der Waals surface area contributed by atoms with Gasteiger partial charge in [-0.3, -0.25) is 0 Å². The predicted octanol–water partition coefficient (Wildman–Crippen LogP) is 1.47. The van der Waals surface area contributed by atoms with E-state index in [1.807, 2.05) is 7.05 Å². The summed E-state index contributed by atoms with van der Waals surface area (Å²) in [5.41, 5.74) is 0.00700. The minimum absolute atomic E-state index is 0.00700. The third-order valence-electron chi connectivity index (χ3n) is 4.20. The number of hydrogen-bond acceptors (Lipinski definition) is 3. The van der Waals surface area contributed by atoms with Gasteiger partial charge in [0.25, 0.3) is 0 Å². The maximum Gasteiger partial charge on any atom is 0.0615 e. The van der Waals surface area contributed by atoms with E-state index in [2.05, 4.69) is 24.2 Å². The quantitative estimate of drug-likeness (QED) is 0.692. The van der Waals surface area contributed by atoms with Gasteiger partial charge in [0, 0.05) is 5.54 Å². The Labute approximate surface area is 100 Å². The van der Waals surface area contributed by atoms with Crippen molar-refractivity contribution < 1.29 is 5.11 Å². The van der Waals surface area contributed by atoms with E-state index in [1.165, 1.54) is 32.2 Å². The second kappa shape index (κ2) is 6.58. The van der Waals surface area contributed by atoms with Gasteiger partial charge in [-0.2, -0.15) is 0 Å². The molecule has 96 valence electrons. The lowest BCUT2D eigenvalue weighted by molar-refractivity contribution is 0.120. The second-order valence-electron chi connectivity index (χ2n) is 5.25. The number of likely N-dealkylation sites (N-methyl/N-ethyl adjacent to an activating group) is 1. The zero-order chi connectivity index (χ0) is 12.0. The molecule has 0 radical (unpaired) electrons. The highest BCUT2D eigenvalue weighted by Gasteiger charge is 2.40. The van der Waals surface area contributed by atoms with E-state index in [1.54, 1.807) is 0 Å². The van der Waals surface area contributed by atoms with Gasteiger partial charge < -0.3 is 15.3 Å². The summed E-state index contributed by atoms with van der Waals surface area (Å²) < 4.78 is 0. The first-order valence-electron chi connectivity index (χ1n) is 6.67. The monoisotopic (exact) mass is 228 g/mol. The summed E-state index contributed by atoms with van der Waals surface area (Å²) in [4.78, 5) is 2.40. The molecular weight excluding hydrogens is 200 g/mol. The van der Waals surface area contributed by atoms with Crippen molar-refractivity contribution in [2.24, 2.45) is 5.92 Å². The van der Waals surface area contributed by atoms with Crippen molar-refractivity contribution in [2.45, 2.75) is 44.6 Å². The van der Waals surface area contributed by atoms with Gasteiger partial charge in [0.15, 0.2) is 0 Å². The van der Waals surface area contributed by atoms with Crippen molar-refractivity contribution in [3.8, 4) is 0 Å². The zero-order valence-corrected chi connectivity index (χ0v) is 11.1. The van der Waals surface area contributed by atoms with Crippen LogP contribution in [-0.4, -0.2) is 49.3 Å². The van der Waals surface area contributed by atoms with E-state index < -0.39 is 0 Å². The van der Waals surface area contributed by atoms with Crippen LogP contribution in [0.2, 0.25) is 0 Å². The van der Waals surface area contributed by atoms with Crippen LogP contribution in [0.15, 0.2) is 0 Å². The number of nitrogens with one attached hydrogen (secondary N) is 1. The highest BCUT2D eigenvalue weighted by Crippen LogP contribution is 2.37. The van der Waals surface area contributed by atoms with Gasteiger partial charge in [0.05, 0.1) is 6.61 Å². The predicted molar refractivity (Wildman–Crippen MR) is 68.6 cm³/mol. The molecule has 16 heavy (non-hydrogen) atoms. The van der Waals surface area contributed by atoms with Crippen LogP contribution < -0.4 is 5.32 Å². The first-order chi connectivity index (χ1) is 7.68. The summed E-state index contributed by atoms with van der Waals surface area (Å²) in [5, 5.41) is 12.9. The highest BCUT2D eigenvalue weighted by molar-refractivity contribution is 4.98. The topological polar surface area (TPSA) is 35.5 Å². The molecule has 0 aromatic heterocycles. The minimum atomic E-state index is 0.00700. The Morgan fingerprint density at radius 3 is 2.75 bits per heavy atom. The Morgan fingerprint density at radius 2 is 2.19 bits per heavy atom. The van der Waals surface area contributed by atoms with Crippen molar-refractivity contribution in [1.29, 1.82) is 0 Å². The molecule has 0 spiro atoms. The van der Waals surface area contributed by atoms with Crippen molar-refractivity contribution >= 4 is 0 Å². The lowest BCUT2D eigenvalue weighted by Gasteiger charge is -2.34. The lowest BCUT2D eigenvalue weighted by Crippen LogP contribution is -2.50. The van der Waals surface area contributed by atoms with Crippen LogP contribution in [-0.2, 0) is 0 Å². The molecule has 1 aliphatic rings. The molecule has 2 N–H and O–H groups in total. The van der Waals surface area contributed by atoms with Crippen molar-refractivity contribution in [3.63, 3.8) is 0 Å². The Hall–Kier alpha value is -0.120. The van der Waals surface area contributed by atoms with Crippen molar-refractivity contribution in [1.82, 2.24) is 10.2 Å². The summed E-state index contributed by atoms with van der Waals surface area (Å²) >= 11 is 0. The molecule has 0 aromatic rings. The van der Waals surface area contributed by atoms with Gasteiger partial charge in [-0.25, -0.2) is 0 Å². The van der Waals surface area contributed by atoms with E-state index in [0.29, 0.717) is 5.92 Å². The van der Waals surface area contributed by atoms with Gasteiger partial charge in [-0.05, 0) is 58.8 Å². The molecule has 1 fully saturated rings. The fourth-order valence-corrected chi connectivity index (χ4v) is 3.05. The molecule has 0 bridgehead atoms. The average molecular weight is 228 g/mol. The number of rotatable bonds is 7. The Bertz CT molecular complexity index is 192. The largest absolute Gasteiger partial charge is 0.394 e. The highest BCUT2D eigenvalue weighted by atomic mass is 16.3. The molecule has 1 rings (SSSR count). The first-order valence-corrected chi connectivity index (χ1v) is 6.67. The molecule has 3 heteroatoms. The molecular formula is C13H28N2O. The zero-order valence-electron chi connectivity index (χ0n) is 11.1. The van der Waals surface area contributed by atoms with Gasteiger partial charge in [-0.15, -0.1) is 0 Å². The molecule has 1 aliphatic carbocycles. The Morgan fingerprint density at radius 1 is 1.44 bits per heavy atom. The summed E-state index contributed by atoms with van der Waals surface area (Å²) in [7, 11) is 4.18. The second-order valence-corrected chi connectivity index (χ2v) is 5.25. The standard InChI is InChI=1S/C13H28N2O/c1-4-9-15(3)10-7-12-6-5-8-13(12,11-16)14-2/h12,14,16H,4-11H2,1-3H3. The minimum Gasteiger partial charge on any atom is -0.394 e. The number of aliphatic hydroxyl groups excluding tert-OH is 1. The fourth-order valence-electron chi connectivity index (χ4n) is 3.05. The van der Waals surface area contributed by atoms with E-state index >= 15 is 0 Å². The molecule has 2 atom stereocenters. The van der Waals surface area contributed by atoms with Crippen molar-refractivity contribution in [3.05, 3.63) is 0 Å². The van der Waals surface area contributed by atoms with Gasteiger partial charge in [0.2, 0.25) is 0 Å². The third kappa shape index (κ3) is 3.19. The van der Waals surface area contributed by atoms with E-state index in [9.17, 15) is 5.11 Å². The van der Waals surface area contributed by atoms with Crippen LogP contribution in [0.3, 0.4) is 0 Å². The Kier molecular flexibility index (Phi) is 5.73. The molecule has 1 saturated carbocycles. The third-order valence-corrected chi connectivity index (χ3v) is 4.20. The number of aliphatic hydroxyl groups is 1. The molecule has 2 unspecified atom stereocenters. The molecule has 0 aromatic carbocycles. The van der Waals surface area contributed by atoms with Crippen LogP contribution >= 0.6 is 0 Å². The fraction of sp³-hybridized carbons (Fsp3) is 1.00. The van der Waals surface area contributed by atoms with E-state index in [4.69, 9.17) is 0 Å².